The Bertz CT molecular complexity index is 630. The molecule has 0 atom stereocenters. The molecule has 1 aromatic heterocycles. The lowest BCUT2D eigenvalue weighted by atomic mass is 10.1. The normalized spacial score (nSPS) is 11.0. The molecule has 0 unspecified atom stereocenters. The zero-order valence-corrected chi connectivity index (χ0v) is 13.7. The number of nitrogens with zero attached hydrogens (tertiary/aromatic N) is 1. The number of thiophene rings is 1. The third-order valence-corrected chi connectivity index (χ3v) is 4.38. The SMILES string of the molecule is CCN(Cc1ccc(Cl)s1)C(=O)/C=C/c1ccc(C)cc1. The highest BCUT2D eigenvalue weighted by Gasteiger charge is 2.10. The second-order valence-corrected chi connectivity index (χ2v) is 6.60. The number of halogens is 1. The van der Waals surface area contributed by atoms with Crippen molar-refractivity contribution in [3.05, 3.63) is 62.8 Å². The molecule has 1 amide bonds. The Morgan fingerprint density at radius 1 is 1.24 bits per heavy atom. The number of rotatable bonds is 5. The monoisotopic (exact) mass is 319 g/mol. The Morgan fingerprint density at radius 2 is 1.95 bits per heavy atom. The van der Waals surface area contributed by atoms with E-state index in [2.05, 4.69) is 0 Å². The molecular formula is C17H18ClNOS. The Morgan fingerprint density at radius 3 is 2.52 bits per heavy atom. The number of carbonyl (C=O) groups is 1. The predicted molar refractivity (Wildman–Crippen MR) is 90.6 cm³/mol. The molecule has 2 rings (SSSR count). The Balaban J connectivity index is 2.01. The van der Waals surface area contributed by atoms with Gasteiger partial charge in [0, 0.05) is 17.5 Å². The standard InChI is InChI=1S/C17H18ClNOS/c1-3-19(12-15-9-10-16(18)21-15)17(20)11-8-14-6-4-13(2)5-7-14/h4-11H,3,12H2,1-2H3/b11-8+. The molecule has 0 bridgehead atoms. The third-order valence-electron chi connectivity index (χ3n) is 3.16. The second kappa shape index (κ2) is 7.43. The van der Waals surface area contributed by atoms with Crippen LogP contribution in [0.15, 0.2) is 42.5 Å². The van der Waals surface area contributed by atoms with Crippen LogP contribution in [0.4, 0.5) is 0 Å². The van der Waals surface area contributed by atoms with Crippen LogP contribution < -0.4 is 0 Å². The van der Waals surface area contributed by atoms with E-state index in [4.69, 9.17) is 11.6 Å². The maximum Gasteiger partial charge on any atom is 0.246 e. The smallest absolute Gasteiger partial charge is 0.246 e. The van der Waals surface area contributed by atoms with Gasteiger partial charge in [0.05, 0.1) is 10.9 Å². The van der Waals surface area contributed by atoms with Gasteiger partial charge in [-0.15, -0.1) is 11.3 Å². The summed E-state index contributed by atoms with van der Waals surface area (Å²) in [6.45, 7) is 5.30. The maximum absolute atomic E-state index is 12.2. The van der Waals surface area contributed by atoms with Crippen LogP contribution in [0.2, 0.25) is 4.34 Å². The van der Waals surface area contributed by atoms with Crippen LogP contribution in [0, 0.1) is 6.92 Å². The van der Waals surface area contributed by atoms with Crippen molar-refractivity contribution in [2.24, 2.45) is 0 Å². The molecule has 0 aliphatic carbocycles. The molecule has 2 aromatic rings. The van der Waals surface area contributed by atoms with Gasteiger partial charge in [-0.2, -0.15) is 0 Å². The zero-order chi connectivity index (χ0) is 15.2. The highest BCUT2D eigenvalue weighted by Crippen LogP contribution is 2.22. The van der Waals surface area contributed by atoms with Gasteiger partial charge < -0.3 is 4.90 Å². The van der Waals surface area contributed by atoms with Gasteiger partial charge in [0.15, 0.2) is 0 Å². The van der Waals surface area contributed by atoms with E-state index in [1.54, 1.807) is 11.0 Å². The fraction of sp³-hybridized carbons (Fsp3) is 0.235. The van der Waals surface area contributed by atoms with Crippen molar-refractivity contribution in [2.45, 2.75) is 20.4 Å². The predicted octanol–water partition coefficient (Wildman–Crippen LogP) is 4.77. The molecule has 0 saturated carbocycles. The highest BCUT2D eigenvalue weighted by atomic mass is 35.5. The van der Waals surface area contributed by atoms with E-state index < -0.39 is 0 Å². The number of likely N-dealkylation sites (N-methyl/N-ethyl adjacent to an activating group) is 1. The number of carbonyl (C=O) groups excluding carboxylic acids is 1. The summed E-state index contributed by atoms with van der Waals surface area (Å²) < 4.78 is 0.753. The Kier molecular flexibility index (Phi) is 5.59. The lowest BCUT2D eigenvalue weighted by molar-refractivity contribution is -0.126. The first-order valence-corrected chi connectivity index (χ1v) is 8.06. The number of benzene rings is 1. The topological polar surface area (TPSA) is 20.3 Å². The molecule has 0 aliphatic heterocycles. The first kappa shape index (κ1) is 15.8. The van der Waals surface area contributed by atoms with Crippen LogP contribution in [0.5, 0.6) is 0 Å². The van der Waals surface area contributed by atoms with Crippen molar-refractivity contribution in [3.8, 4) is 0 Å². The Labute approximate surface area is 134 Å². The van der Waals surface area contributed by atoms with Gasteiger partial charge in [-0.3, -0.25) is 4.79 Å². The summed E-state index contributed by atoms with van der Waals surface area (Å²) in [7, 11) is 0. The Hall–Kier alpha value is -1.58. The molecule has 2 nitrogen and oxygen atoms in total. The first-order chi connectivity index (χ1) is 10.1. The molecular weight excluding hydrogens is 302 g/mol. The van der Waals surface area contributed by atoms with Crippen LogP contribution in [0.25, 0.3) is 6.08 Å². The van der Waals surface area contributed by atoms with E-state index in [1.165, 1.54) is 16.9 Å². The minimum Gasteiger partial charge on any atom is -0.334 e. The largest absolute Gasteiger partial charge is 0.334 e. The van der Waals surface area contributed by atoms with Crippen molar-refractivity contribution in [2.75, 3.05) is 6.54 Å². The molecule has 0 radical (unpaired) electrons. The molecule has 21 heavy (non-hydrogen) atoms. The summed E-state index contributed by atoms with van der Waals surface area (Å²) in [4.78, 5) is 15.1. The van der Waals surface area contributed by atoms with E-state index in [0.717, 1.165) is 14.8 Å². The van der Waals surface area contributed by atoms with Gasteiger partial charge >= 0.3 is 0 Å². The third kappa shape index (κ3) is 4.73. The number of hydrogen-bond donors (Lipinski definition) is 0. The minimum atomic E-state index is 0.0163. The average Bonchev–Trinajstić information content (AvgIpc) is 2.89. The second-order valence-electron chi connectivity index (χ2n) is 4.80. The van der Waals surface area contributed by atoms with Crippen molar-refractivity contribution in [1.82, 2.24) is 4.90 Å². The van der Waals surface area contributed by atoms with Crippen LogP contribution in [-0.2, 0) is 11.3 Å². The number of aryl methyl sites for hydroxylation is 1. The number of hydrogen-bond acceptors (Lipinski definition) is 2. The zero-order valence-electron chi connectivity index (χ0n) is 12.2. The summed E-state index contributed by atoms with van der Waals surface area (Å²) in [5, 5.41) is 0. The molecule has 4 heteroatoms. The lowest BCUT2D eigenvalue weighted by Gasteiger charge is -2.18. The quantitative estimate of drug-likeness (QED) is 0.727. The molecule has 0 N–H and O–H groups in total. The molecule has 0 saturated heterocycles. The van der Waals surface area contributed by atoms with Crippen LogP contribution in [-0.4, -0.2) is 17.4 Å². The fourth-order valence-electron chi connectivity index (χ4n) is 1.92. The van der Waals surface area contributed by atoms with Crippen LogP contribution in [0.1, 0.15) is 22.9 Å². The van der Waals surface area contributed by atoms with Crippen molar-refractivity contribution < 1.29 is 4.79 Å². The van der Waals surface area contributed by atoms with Gasteiger partial charge in [-0.05, 0) is 37.6 Å². The fourth-order valence-corrected chi connectivity index (χ4v) is 3.02. The van der Waals surface area contributed by atoms with Crippen molar-refractivity contribution in [1.29, 1.82) is 0 Å². The molecule has 1 aromatic carbocycles. The summed E-state index contributed by atoms with van der Waals surface area (Å²) in [6.07, 6.45) is 3.48. The molecule has 0 spiro atoms. The lowest BCUT2D eigenvalue weighted by Crippen LogP contribution is -2.28. The van der Waals surface area contributed by atoms with E-state index in [-0.39, 0.29) is 5.91 Å². The van der Waals surface area contributed by atoms with E-state index in [0.29, 0.717) is 13.1 Å². The summed E-state index contributed by atoms with van der Waals surface area (Å²) in [6, 6.07) is 11.9. The van der Waals surface area contributed by atoms with Crippen molar-refractivity contribution in [3.63, 3.8) is 0 Å². The van der Waals surface area contributed by atoms with Crippen molar-refractivity contribution >= 4 is 34.9 Å². The summed E-state index contributed by atoms with van der Waals surface area (Å²) in [5.74, 6) is 0.0163. The van der Waals surface area contributed by atoms with Gasteiger partial charge in [0.2, 0.25) is 5.91 Å². The summed E-state index contributed by atoms with van der Waals surface area (Å²) in [5.41, 5.74) is 2.24. The van der Waals surface area contributed by atoms with Gasteiger partial charge in [-0.25, -0.2) is 0 Å². The minimum absolute atomic E-state index is 0.0163. The van der Waals surface area contributed by atoms with Gasteiger partial charge in [0.25, 0.3) is 0 Å². The molecule has 1 heterocycles. The van der Waals surface area contributed by atoms with Crippen LogP contribution >= 0.6 is 22.9 Å². The molecule has 0 fully saturated rings. The van der Waals surface area contributed by atoms with E-state index in [1.807, 2.05) is 56.3 Å². The molecule has 110 valence electrons. The molecule has 0 aliphatic rings. The van der Waals surface area contributed by atoms with Gasteiger partial charge in [0.1, 0.15) is 0 Å². The highest BCUT2D eigenvalue weighted by molar-refractivity contribution is 7.16. The maximum atomic E-state index is 12.2. The first-order valence-electron chi connectivity index (χ1n) is 6.86. The van der Waals surface area contributed by atoms with E-state index >= 15 is 0 Å². The average molecular weight is 320 g/mol. The summed E-state index contributed by atoms with van der Waals surface area (Å²) >= 11 is 7.43. The van der Waals surface area contributed by atoms with Crippen LogP contribution in [0.3, 0.4) is 0 Å². The van der Waals surface area contributed by atoms with Gasteiger partial charge in [-0.1, -0.05) is 41.4 Å². The number of amides is 1. The van der Waals surface area contributed by atoms with E-state index in [9.17, 15) is 4.79 Å².